The maximum absolute atomic E-state index is 13.4. The summed E-state index contributed by atoms with van der Waals surface area (Å²) in [6.07, 6.45) is 2.57. The molecule has 98 valence electrons. The normalized spacial score (nSPS) is 23.7. The summed E-state index contributed by atoms with van der Waals surface area (Å²) in [5, 5.41) is 12.3. The second-order valence-electron chi connectivity index (χ2n) is 4.56. The fourth-order valence-corrected chi connectivity index (χ4v) is 2.20. The van der Waals surface area contributed by atoms with E-state index >= 15 is 0 Å². The third-order valence-corrected chi connectivity index (χ3v) is 3.22. The molecule has 18 heavy (non-hydrogen) atoms. The average molecular weight is 255 g/mol. The summed E-state index contributed by atoms with van der Waals surface area (Å²) in [6.45, 7) is 0. The Bertz CT molecular complexity index is 451. The zero-order chi connectivity index (χ0) is 13.1. The minimum Gasteiger partial charge on any atom is -0.391 e. The van der Waals surface area contributed by atoms with E-state index in [0.29, 0.717) is 18.9 Å². The molecule has 0 saturated heterocycles. The number of halogens is 2. The Hall–Kier alpha value is -1.49. The Morgan fingerprint density at radius 2 is 2.00 bits per heavy atom. The number of rotatable bonds is 2. The van der Waals surface area contributed by atoms with Gasteiger partial charge in [-0.2, -0.15) is 0 Å². The van der Waals surface area contributed by atoms with E-state index in [4.69, 9.17) is 0 Å². The second kappa shape index (κ2) is 5.44. The number of hydrogen-bond acceptors (Lipinski definition) is 2. The quantitative estimate of drug-likeness (QED) is 0.849. The molecule has 1 aliphatic rings. The van der Waals surface area contributed by atoms with Crippen molar-refractivity contribution in [2.45, 2.75) is 37.8 Å². The van der Waals surface area contributed by atoms with Gasteiger partial charge in [-0.25, -0.2) is 8.78 Å². The first-order valence-electron chi connectivity index (χ1n) is 6.02. The molecule has 0 bridgehead atoms. The molecule has 0 radical (unpaired) electrons. The highest BCUT2D eigenvalue weighted by Gasteiger charge is 2.25. The molecule has 2 N–H and O–H groups in total. The lowest BCUT2D eigenvalue weighted by Crippen LogP contribution is -2.45. The number of nitrogens with one attached hydrogen (secondary N) is 1. The van der Waals surface area contributed by atoms with Gasteiger partial charge in [-0.1, -0.05) is 12.8 Å². The van der Waals surface area contributed by atoms with Crippen molar-refractivity contribution in [3.05, 3.63) is 35.4 Å². The molecule has 1 saturated carbocycles. The van der Waals surface area contributed by atoms with E-state index in [1.54, 1.807) is 0 Å². The summed E-state index contributed by atoms with van der Waals surface area (Å²) in [5.41, 5.74) is -0.200. The van der Waals surface area contributed by atoms with Crippen LogP contribution in [0, 0.1) is 11.6 Å². The van der Waals surface area contributed by atoms with Crippen molar-refractivity contribution in [3.63, 3.8) is 0 Å². The van der Waals surface area contributed by atoms with E-state index < -0.39 is 23.6 Å². The highest BCUT2D eigenvalue weighted by Crippen LogP contribution is 2.19. The molecular weight excluding hydrogens is 240 g/mol. The van der Waals surface area contributed by atoms with Gasteiger partial charge in [0, 0.05) is 6.07 Å². The first-order valence-corrected chi connectivity index (χ1v) is 6.02. The van der Waals surface area contributed by atoms with Crippen molar-refractivity contribution in [3.8, 4) is 0 Å². The number of aliphatic hydroxyl groups is 1. The highest BCUT2D eigenvalue weighted by atomic mass is 19.1. The summed E-state index contributed by atoms with van der Waals surface area (Å²) in [6, 6.07) is 2.46. The van der Waals surface area contributed by atoms with Crippen molar-refractivity contribution in [1.29, 1.82) is 0 Å². The zero-order valence-electron chi connectivity index (χ0n) is 9.83. The van der Waals surface area contributed by atoms with Crippen molar-refractivity contribution < 1.29 is 18.7 Å². The molecule has 2 atom stereocenters. The molecule has 1 amide bonds. The van der Waals surface area contributed by atoms with Crippen LogP contribution < -0.4 is 5.32 Å². The van der Waals surface area contributed by atoms with E-state index in [9.17, 15) is 18.7 Å². The zero-order valence-corrected chi connectivity index (χ0v) is 9.83. The number of amides is 1. The van der Waals surface area contributed by atoms with Gasteiger partial charge < -0.3 is 10.4 Å². The third-order valence-electron chi connectivity index (χ3n) is 3.22. The van der Waals surface area contributed by atoms with Gasteiger partial charge in [-0.15, -0.1) is 0 Å². The number of hydrogen-bond donors (Lipinski definition) is 2. The molecule has 1 aromatic carbocycles. The SMILES string of the molecule is O=C(N[C@@H]1CCCC[C@H]1O)c1ccc(F)cc1F. The van der Waals surface area contributed by atoms with Gasteiger partial charge in [-0.05, 0) is 25.0 Å². The Kier molecular flexibility index (Phi) is 3.91. The summed E-state index contributed by atoms with van der Waals surface area (Å²) in [4.78, 5) is 11.8. The summed E-state index contributed by atoms with van der Waals surface area (Å²) in [7, 11) is 0. The molecule has 0 spiro atoms. The number of benzene rings is 1. The van der Waals surface area contributed by atoms with Gasteiger partial charge in [-0.3, -0.25) is 4.79 Å². The summed E-state index contributed by atoms with van der Waals surface area (Å²) >= 11 is 0. The summed E-state index contributed by atoms with van der Waals surface area (Å²) in [5.74, 6) is -2.22. The first kappa shape index (κ1) is 13.0. The smallest absolute Gasteiger partial charge is 0.254 e. The fraction of sp³-hybridized carbons (Fsp3) is 0.462. The molecule has 5 heteroatoms. The fourth-order valence-electron chi connectivity index (χ4n) is 2.20. The lowest BCUT2D eigenvalue weighted by atomic mass is 9.92. The van der Waals surface area contributed by atoms with Gasteiger partial charge in [0.25, 0.3) is 5.91 Å². The topological polar surface area (TPSA) is 49.3 Å². The number of carbonyl (C=O) groups excluding carboxylic acids is 1. The number of carbonyl (C=O) groups is 1. The minimum atomic E-state index is -0.891. The Morgan fingerprint density at radius 3 is 2.67 bits per heavy atom. The van der Waals surface area contributed by atoms with Gasteiger partial charge in [0.1, 0.15) is 11.6 Å². The van der Waals surface area contributed by atoms with E-state index in [1.165, 1.54) is 0 Å². The average Bonchev–Trinajstić information content (AvgIpc) is 2.32. The monoisotopic (exact) mass is 255 g/mol. The van der Waals surface area contributed by atoms with Crippen molar-refractivity contribution in [2.24, 2.45) is 0 Å². The largest absolute Gasteiger partial charge is 0.391 e. The molecule has 1 aromatic rings. The predicted molar refractivity (Wildman–Crippen MR) is 62.1 cm³/mol. The van der Waals surface area contributed by atoms with Crippen molar-refractivity contribution >= 4 is 5.91 Å². The molecule has 1 aliphatic carbocycles. The second-order valence-corrected chi connectivity index (χ2v) is 4.56. The van der Waals surface area contributed by atoms with Crippen LogP contribution >= 0.6 is 0 Å². The molecule has 0 heterocycles. The van der Waals surface area contributed by atoms with E-state index in [-0.39, 0.29) is 11.6 Å². The Labute approximate surface area is 104 Å². The third kappa shape index (κ3) is 2.85. The molecule has 3 nitrogen and oxygen atoms in total. The maximum atomic E-state index is 13.4. The van der Waals surface area contributed by atoms with Gasteiger partial charge in [0.2, 0.25) is 0 Å². The van der Waals surface area contributed by atoms with E-state index in [2.05, 4.69) is 5.32 Å². The van der Waals surface area contributed by atoms with Crippen molar-refractivity contribution in [1.82, 2.24) is 5.32 Å². The van der Waals surface area contributed by atoms with Gasteiger partial charge >= 0.3 is 0 Å². The van der Waals surface area contributed by atoms with Crippen LogP contribution in [0.2, 0.25) is 0 Å². The lowest BCUT2D eigenvalue weighted by Gasteiger charge is -2.28. The molecule has 0 aliphatic heterocycles. The molecule has 0 unspecified atom stereocenters. The maximum Gasteiger partial charge on any atom is 0.254 e. The van der Waals surface area contributed by atoms with E-state index in [0.717, 1.165) is 25.0 Å². The molecule has 0 aromatic heterocycles. The number of aliphatic hydroxyl groups excluding tert-OH is 1. The summed E-state index contributed by atoms with van der Waals surface area (Å²) < 4.78 is 26.1. The predicted octanol–water partition coefficient (Wildman–Crippen LogP) is 2.00. The van der Waals surface area contributed by atoms with Crippen LogP contribution in [0.1, 0.15) is 36.0 Å². The first-order chi connectivity index (χ1) is 8.58. The van der Waals surface area contributed by atoms with Crippen LogP contribution in [0.3, 0.4) is 0 Å². The van der Waals surface area contributed by atoms with Crippen LogP contribution in [0.4, 0.5) is 8.78 Å². The Balaban J connectivity index is 2.07. The van der Waals surface area contributed by atoms with Crippen LogP contribution in [0.5, 0.6) is 0 Å². The van der Waals surface area contributed by atoms with E-state index in [1.807, 2.05) is 0 Å². The van der Waals surface area contributed by atoms with Crippen molar-refractivity contribution in [2.75, 3.05) is 0 Å². The molecular formula is C13H15F2NO2. The highest BCUT2D eigenvalue weighted by molar-refractivity contribution is 5.94. The minimum absolute atomic E-state index is 0.200. The van der Waals surface area contributed by atoms with Gasteiger partial charge in [0.05, 0.1) is 17.7 Å². The van der Waals surface area contributed by atoms with Crippen LogP contribution in [0.15, 0.2) is 18.2 Å². The van der Waals surface area contributed by atoms with Gasteiger partial charge in [0.15, 0.2) is 0 Å². The van der Waals surface area contributed by atoms with Crippen LogP contribution in [-0.2, 0) is 0 Å². The standard InChI is InChI=1S/C13H15F2NO2/c14-8-5-6-9(10(15)7-8)13(18)16-11-3-1-2-4-12(11)17/h5-7,11-12,17H,1-4H2,(H,16,18)/t11-,12-/m1/s1. The van der Waals surface area contributed by atoms with Crippen LogP contribution in [-0.4, -0.2) is 23.2 Å². The molecule has 2 rings (SSSR count). The van der Waals surface area contributed by atoms with Crippen LogP contribution in [0.25, 0.3) is 0 Å². The molecule has 1 fully saturated rings. The lowest BCUT2D eigenvalue weighted by molar-refractivity contribution is 0.0714. The Morgan fingerprint density at radius 1 is 1.28 bits per heavy atom.